The molecule has 2 heterocycles. The van der Waals surface area contributed by atoms with E-state index in [-0.39, 0.29) is 5.95 Å². The Hall–Kier alpha value is -2.91. The van der Waals surface area contributed by atoms with Gasteiger partial charge in [-0.05, 0) is 12.1 Å². The fourth-order valence-corrected chi connectivity index (χ4v) is 2.13. The molecule has 0 spiro atoms. The molecule has 3 rings (SSSR count). The molecule has 2 N–H and O–H groups in total. The van der Waals surface area contributed by atoms with Gasteiger partial charge in [0.2, 0.25) is 5.95 Å². The largest absolute Gasteiger partial charge is 0.368 e. The van der Waals surface area contributed by atoms with Crippen molar-refractivity contribution >= 4 is 17.5 Å². The Morgan fingerprint density at radius 3 is 2.86 bits per heavy atom. The number of nitrogens with zero attached hydrogens (tertiary/aromatic N) is 5. The molecule has 0 saturated heterocycles. The third-order valence-electron chi connectivity index (χ3n) is 2.89. The van der Waals surface area contributed by atoms with Gasteiger partial charge >= 0.3 is 0 Å². The minimum atomic E-state index is 0.138. The van der Waals surface area contributed by atoms with Gasteiger partial charge in [0.05, 0.1) is 34.4 Å². The molecule has 6 nitrogen and oxygen atoms in total. The molecule has 1 aromatic carbocycles. The molecule has 0 fully saturated rings. The average molecular weight is 297 g/mol. The molecule has 0 amide bonds. The summed E-state index contributed by atoms with van der Waals surface area (Å²) in [5.41, 5.74) is 7.99. The lowest BCUT2D eigenvalue weighted by Gasteiger charge is -2.03. The SMILES string of the molecule is N#Cc1ccccc1-n1cc(-c2nc(N)ncc2Cl)cn1. The average Bonchev–Trinajstić information content (AvgIpc) is 2.99. The van der Waals surface area contributed by atoms with Gasteiger partial charge in [-0.15, -0.1) is 0 Å². The Morgan fingerprint density at radius 1 is 1.24 bits per heavy atom. The number of nitrogen functional groups attached to an aromatic ring is 1. The van der Waals surface area contributed by atoms with Gasteiger partial charge in [0, 0.05) is 11.8 Å². The normalized spacial score (nSPS) is 10.3. The van der Waals surface area contributed by atoms with Crippen LogP contribution < -0.4 is 5.73 Å². The third-order valence-corrected chi connectivity index (χ3v) is 3.17. The van der Waals surface area contributed by atoms with Crippen LogP contribution >= 0.6 is 11.6 Å². The highest BCUT2D eigenvalue weighted by molar-refractivity contribution is 6.32. The van der Waals surface area contributed by atoms with Crippen LogP contribution in [0.25, 0.3) is 16.9 Å². The van der Waals surface area contributed by atoms with Crippen LogP contribution in [0.5, 0.6) is 0 Å². The van der Waals surface area contributed by atoms with E-state index in [1.54, 1.807) is 29.2 Å². The molecule has 0 aliphatic carbocycles. The molecule has 0 unspecified atom stereocenters. The lowest BCUT2D eigenvalue weighted by Crippen LogP contribution is -1.97. The smallest absolute Gasteiger partial charge is 0.220 e. The molecular formula is C14H9ClN6. The van der Waals surface area contributed by atoms with Crippen molar-refractivity contribution in [1.29, 1.82) is 5.26 Å². The summed E-state index contributed by atoms with van der Waals surface area (Å²) >= 11 is 6.07. The van der Waals surface area contributed by atoms with E-state index in [0.29, 0.717) is 27.5 Å². The summed E-state index contributed by atoms with van der Waals surface area (Å²) in [5, 5.41) is 13.8. The van der Waals surface area contributed by atoms with Crippen LogP contribution in [-0.4, -0.2) is 19.7 Å². The fourth-order valence-electron chi connectivity index (χ4n) is 1.93. The Balaban J connectivity index is 2.09. The van der Waals surface area contributed by atoms with Crippen molar-refractivity contribution in [2.75, 3.05) is 5.73 Å². The summed E-state index contributed by atoms with van der Waals surface area (Å²) in [6.07, 6.45) is 4.80. The molecule has 0 saturated carbocycles. The van der Waals surface area contributed by atoms with E-state index in [0.717, 1.165) is 0 Å². The van der Waals surface area contributed by atoms with Crippen molar-refractivity contribution in [3.8, 4) is 23.0 Å². The van der Waals surface area contributed by atoms with E-state index in [1.165, 1.54) is 6.20 Å². The van der Waals surface area contributed by atoms with E-state index in [1.807, 2.05) is 12.1 Å². The molecule has 2 aromatic heterocycles. The van der Waals surface area contributed by atoms with Gasteiger partial charge < -0.3 is 5.73 Å². The number of hydrogen-bond acceptors (Lipinski definition) is 5. The maximum Gasteiger partial charge on any atom is 0.220 e. The lowest BCUT2D eigenvalue weighted by atomic mass is 10.2. The van der Waals surface area contributed by atoms with Gasteiger partial charge in [0.15, 0.2) is 0 Å². The van der Waals surface area contributed by atoms with Gasteiger partial charge in [0.25, 0.3) is 0 Å². The highest BCUT2D eigenvalue weighted by Crippen LogP contribution is 2.26. The fraction of sp³-hybridized carbons (Fsp3) is 0. The zero-order valence-corrected chi connectivity index (χ0v) is 11.5. The molecule has 0 radical (unpaired) electrons. The van der Waals surface area contributed by atoms with Crippen LogP contribution in [0.3, 0.4) is 0 Å². The molecule has 0 aliphatic heterocycles. The summed E-state index contributed by atoms with van der Waals surface area (Å²) in [7, 11) is 0. The first-order valence-corrected chi connectivity index (χ1v) is 6.39. The molecule has 102 valence electrons. The van der Waals surface area contributed by atoms with Gasteiger partial charge in [-0.1, -0.05) is 23.7 Å². The van der Waals surface area contributed by atoms with Gasteiger partial charge in [-0.2, -0.15) is 10.4 Å². The topological polar surface area (TPSA) is 93.4 Å². The maximum absolute atomic E-state index is 9.13. The number of aromatic nitrogens is 4. The zero-order valence-electron chi connectivity index (χ0n) is 10.7. The predicted molar refractivity (Wildman–Crippen MR) is 78.7 cm³/mol. The van der Waals surface area contributed by atoms with Crippen molar-refractivity contribution in [1.82, 2.24) is 19.7 Å². The standard InChI is InChI=1S/C14H9ClN6/c15-11-7-18-14(17)20-13(11)10-6-19-21(8-10)12-4-2-1-3-9(12)5-16/h1-4,6-8H,(H2,17,18,20). The van der Waals surface area contributed by atoms with Gasteiger partial charge in [-0.25, -0.2) is 14.6 Å². The molecule has 21 heavy (non-hydrogen) atoms. The van der Waals surface area contributed by atoms with E-state index in [4.69, 9.17) is 22.6 Å². The third kappa shape index (κ3) is 2.42. The summed E-state index contributed by atoms with van der Waals surface area (Å²) in [5.74, 6) is 0.138. The first-order chi connectivity index (χ1) is 10.2. The monoisotopic (exact) mass is 296 g/mol. The van der Waals surface area contributed by atoms with E-state index in [9.17, 15) is 0 Å². The second-order valence-electron chi connectivity index (χ2n) is 4.23. The van der Waals surface area contributed by atoms with E-state index in [2.05, 4.69) is 21.1 Å². The number of anilines is 1. The first kappa shape index (κ1) is 13.1. The summed E-state index contributed by atoms with van der Waals surface area (Å²) < 4.78 is 1.60. The van der Waals surface area contributed by atoms with Crippen LogP contribution in [-0.2, 0) is 0 Å². The number of halogens is 1. The zero-order chi connectivity index (χ0) is 14.8. The van der Waals surface area contributed by atoms with Crippen LogP contribution in [0.15, 0.2) is 42.9 Å². The number of rotatable bonds is 2. The highest BCUT2D eigenvalue weighted by atomic mass is 35.5. The van der Waals surface area contributed by atoms with Crippen LogP contribution in [0.1, 0.15) is 5.56 Å². The van der Waals surface area contributed by atoms with Gasteiger partial charge in [0.1, 0.15) is 6.07 Å². The number of hydrogen-bond donors (Lipinski definition) is 1. The minimum Gasteiger partial charge on any atom is -0.368 e. The van der Waals surface area contributed by atoms with Crippen molar-refractivity contribution in [2.45, 2.75) is 0 Å². The van der Waals surface area contributed by atoms with Crippen LogP contribution in [0.4, 0.5) is 5.95 Å². The lowest BCUT2D eigenvalue weighted by molar-refractivity contribution is 0.877. The quantitative estimate of drug-likeness (QED) is 0.784. The number of nitriles is 1. The predicted octanol–water partition coefficient (Wildman–Crippen LogP) is 2.44. The van der Waals surface area contributed by atoms with Crippen molar-refractivity contribution < 1.29 is 0 Å². The van der Waals surface area contributed by atoms with Gasteiger partial charge in [-0.3, -0.25) is 0 Å². The Labute approximate surface area is 125 Å². The summed E-state index contributed by atoms with van der Waals surface area (Å²) in [6.45, 7) is 0. The second kappa shape index (κ2) is 5.23. The molecule has 3 aromatic rings. The number of benzene rings is 1. The Bertz CT molecular complexity index is 849. The molecule has 0 atom stereocenters. The molecular weight excluding hydrogens is 288 g/mol. The molecule has 7 heteroatoms. The first-order valence-electron chi connectivity index (χ1n) is 6.01. The van der Waals surface area contributed by atoms with Crippen molar-refractivity contribution in [3.63, 3.8) is 0 Å². The number of nitrogens with two attached hydrogens (primary N) is 1. The van der Waals surface area contributed by atoms with E-state index < -0.39 is 0 Å². The summed E-state index contributed by atoms with van der Waals surface area (Å²) in [6, 6.07) is 9.31. The summed E-state index contributed by atoms with van der Waals surface area (Å²) in [4.78, 5) is 7.93. The minimum absolute atomic E-state index is 0.138. The molecule has 0 bridgehead atoms. The second-order valence-corrected chi connectivity index (χ2v) is 4.63. The van der Waals surface area contributed by atoms with Crippen molar-refractivity contribution in [3.05, 3.63) is 53.4 Å². The highest BCUT2D eigenvalue weighted by Gasteiger charge is 2.11. The van der Waals surface area contributed by atoms with Crippen LogP contribution in [0, 0.1) is 11.3 Å². The maximum atomic E-state index is 9.13. The van der Waals surface area contributed by atoms with E-state index >= 15 is 0 Å². The number of para-hydroxylation sites is 1. The van der Waals surface area contributed by atoms with Crippen molar-refractivity contribution in [2.24, 2.45) is 0 Å². The van der Waals surface area contributed by atoms with Crippen LogP contribution in [0.2, 0.25) is 5.02 Å². The Morgan fingerprint density at radius 2 is 2.05 bits per heavy atom. The Kier molecular flexibility index (Phi) is 3.26. The molecule has 0 aliphatic rings.